The fourth-order valence-corrected chi connectivity index (χ4v) is 2.94. The van der Waals surface area contributed by atoms with E-state index in [1.54, 1.807) is 0 Å². The van der Waals surface area contributed by atoms with Crippen molar-refractivity contribution < 1.29 is 0 Å². The Morgan fingerprint density at radius 3 is 1.30 bits per heavy atom. The molecular formula is C22H23N. The molecule has 23 heavy (non-hydrogen) atoms. The molecule has 0 aromatic heterocycles. The van der Waals surface area contributed by atoms with Crippen LogP contribution in [-0.2, 0) is 6.54 Å². The van der Waals surface area contributed by atoms with Crippen molar-refractivity contribution >= 4 is 0 Å². The average Bonchev–Trinajstić information content (AvgIpc) is 2.59. The molecule has 3 aromatic rings. The smallest absolute Gasteiger partial charge is 0.0339 e. The molecule has 0 aliphatic rings. The van der Waals surface area contributed by atoms with Crippen LogP contribution in [0, 0.1) is 13.8 Å². The highest BCUT2D eigenvalue weighted by Gasteiger charge is 2.16. The van der Waals surface area contributed by atoms with Crippen LogP contribution in [0.4, 0.5) is 0 Å². The quantitative estimate of drug-likeness (QED) is 0.678. The van der Waals surface area contributed by atoms with E-state index in [0.29, 0.717) is 6.54 Å². The van der Waals surface area contributed by atoms with Crippen molar-refractivity contribution in [2.24, 2.45) is 5.73 Å². The first-order valence-electron chi connectivity index (χ1n) is 8.09. The Morgan fingerprint density at radius 2 is 0.957 bits per heavy atom. The van der Waals surface area contributed by atoms with Crippen molar-refractivity contribution in [3.63, 3.8) is 0 Å². The third kappa shape index (κ3) is 3.52. The zero-order chi connectivity index (χ0) is 16.2. The van der Waals surface area contributed by atoms with Gasteiger partial charge in [0.15, 0.2) is 0 Å². The molecule has 0 spiro atoms. The van der Waals surface area contributed by atoms with Gasteiger partial charge in [0.25, 0.3) is 0 Å². The third-order valence-corrected chi connectivity index (χ3v) is 4.37. The highest BCUT2D eigenvalue weighted by Crippen LogP contribution is 2.32. The van der Waals surface area contributed by atoms with Crippen molar-refractivity contribution in [3.05, 3.63) is 106 Å². The second kappa shape index (κ2) is 6.80. The second-order valence-electron chi connectivity index (χ2n) is 6.20. The minimum absolute atomic E-state index is 0.253. The molecule has 0 atom stereocenters. The summed E-state index contributed by atoms with van der Waals surface area (Å²) in [6, 6.07) is 26.3. The van der Waals surface area contributed by atoms with Gasteiger partial charge in [0.2, 0.25) is 0 Å². The van der Waals surface area contributed by atoms with Crippen molar-refractivity contribution in [2.75, 3.05) is 0 Å². The molecule has 0 radical (unpaired) electrons. The first-order chi connectivity index (χ1) is 11.2. The van der Waals surface area contributed by atoms with Crippen LogP contribution in [-0.4, -0.2) is 0 Å². The van der Waals surface area contributed by atoms with Gasteiger partial charge in [-0.1, -0.05) is 83.9 Å². The minimum Gasteiger partial charge on any atom is -0.326 e. The Morgan fingerprint density at radius 1 is 0.609 bits per heavy atom. The van der Waals surface area contributed by atoms with E-state index in [1.165, 1.54) is 33.4 Å². The first-order valence-corrected chi connectivity index (χ1v) is 8.09. The van der Waals surface area contributed by atoms with E-state index < -0.39 is 0 Å². The number of nitrogens with two attached hydrogens (primary N) is 1. The molecule has 0 bridgehead atoms. The van der Waals surface area contributed by atoms with Crippen molar-refractivity contribution in [2.45, 2.75) is 26.3 Å². The fourth-order valence-electron chi connectivity index (χ4n) is 2.94. The molecule has 0 unspecified atom stereocenters. The highest BCUT2D eigenvalue weighted by atomic mass is 14.5. The fraction of sp³-hybridized carbons (Fsp3) is 0.182. The Labute approximate surface area is 138 Å². The molecular weight excluding hydrogens is 278 g/mol. The lowest BCUT2D eigenvalue weighted by molar-refractivity contribution is 0.967. The van der Waals surface area contributed by atoms with Gasteiger partial charge in [0, 0.05) is 12.5 Å². The number of benzene rings is 3. The lowest BCUT2D eigenvalue weighted by Gasteiger charge is -2.20. The maximum Gasteiger partial charge on any atom is 0.0339 e. The van der Waals surface area contributed by atoms with Crippen molar-refractivity contribution in [1.82, 2.24) is 0 Å². The lowest BCUT2D eigenvalue weighted by atomic mass is 9.84. The summed E-state index contributed by atoms with van der Waals surface area (Å²) in [6.07, 6.45) is 0. The predicted molar refractivity (Wildman–Crippen MR) is 97.6 cm³/mol. The molecule has 1 heteroatoms. The van der Waals surface area contributed by atoms with Crippen molar-refractivity contribution in [1.29, 1.82) is 0 Å². The summed E-state index contributed by atoms with van der Waals surface area (Å²) in [4.78, 5) is 0. The summed E-state index contributed by atoms with van der Waals surface area (Å²) in [5.74, 6) is 0.253. The number of rotatable bonds is 4. The molecule has 0 heterocycles. The van der Waals surface area contributed by atoms with Crippen LogP contribution in [0.1, 0.15) is 39.3 Å². The molecule has 0 aliphatic carbocycles. The van der Waals surface area contributed by atoms with Crippen molar-refractivity contribution in [3.8, 4) is 0 Å². The molecule has 0 saturated heterocycles. The highest BCUT2D eigenvalue weighted by molar-refractivity contribution is 5.44. The maximum absolute atomic E-state index is 5.73. The molecule has 0 fully saturated rings. The van der Waals surface area contributed by atoms with Crippen LogP contribution >= 0.6 is 0 Å². The van der Waals surface area contributed by atoms with E-state index in [0.717, 1.165) is 0 Å². The normalized spacial score (nSPS) is 11.0. The number of aryl methyl sites for hydroxylation is 2. The molecule has 0 saturated carbocycles. The van der Waals surface area contributed by atoms with Crippen LogP contribution < -0.4 is 5.73 Å². The Kier molecular flexibility index (Phi) is 4.59. The van der Waals surface area contributed by atoms with Gasteiger partial charge < -0.3 is 5.73 Å². The van der Waals surface area contributed by atoms with E-state index in [2.05, 4.69) is 86.6 Å². The predicted octanol–water partition coefficient (Wildman–Crippen LogP) is 4.94. The van der Waals surface area contributed by atoms with Gasteiger partial charge in [-0.05, 0) is 36.1 Å². The summed E-state index contributed by atoms with van der Waals surface area (Å²) in [5.41, 5.74) is 13.4. The summed E-state index contributed by atoms with van der Waals surface area (Å²) in [6.45, 7) is 4.83. The molecule has 116 valence electrons. The average molecular weight is 301 g/mol. The Hall–Kier alpha value is -2.38. The standard InChI is InChI=1S/C22H23N/c1-16-3-9-19(10-4-16)22(20-11-5-17(2)6-12-20)21-13-7-18(15-23)8-14-21/h3-14,22H,15,23H2,1-2H3. The maximum atomic E-state index is 5.73. The summed E-state index contributed by atoms with van der Waals surface area (Å²) in [7, 11) is 0. The molecule has 2 N–H and O–H groups in total. The monoisotopic (exact) mass is 301 g/mol. The molecule has 3 aromatic carbocycles. The van der Waals surface area contributed by atoms with E-state index >= 15 is 0 Å². The zero-order valence-electron chi connectivity index (χ0n) is 13.8. The first kappa shape index (κ1) is 15.5. The second-order valence-corrected chi connectivity index (χ2v) is 6.20. The van der Waals surface area contributed by atoms with Gasteiger partial charge in [0.1, 0.15) is 0 Å². The van der Waals surface area contributed by atoms with E-state index in [4.69, 9.17) is 5.73 Å². The van der Waals surface area contributed by atoms with Gasteiger partial charge in [-0.15, -0.1) is 0 Å². The zero-order valence-corrected chi connectivity index (χ0v) is 13.8. The van der Waals surface area contributed by atoms with Crippen LogP contribution in [0.25, 0.3) is 0 Å². The van der Waals surface area contributed by atoms with Crippen LogP contribution in [0.3, 0.4) is 0 Å². The lowest BCUT2D eigenvalue weighted by Crippen LogP contribution is -2.04. The Balaban J connectivity index is 2.08. The van der Waals surface area contributed by atoms with Gasteiger partial charge in [-0.25, -0.2) is 0 Å². The molecule has 1 nitrogen and oxygen atoms in total. The van der Waals surface area contributed by atoms with E-state index in [-0.39, 0.29) is 5.92 Å². The van der Waals surface area contributed by atoms with Gasteiger partial charge in [-0.3, -0.25) is 0 Å². The van der Waals surface area contributed by atoms with Gasteiger partial charge in [-0.2, -0.15) is 0 Å². The third-order valence-electron chi connectivity index (χ3n) is 4.37. The van der Waals surface area contributed by atoms with Crippen LogP contribution in [0.5, 0.6) is 0 Å². The van der Waals surface area contributed by atoms with E-state index in [9.17, 15) is 0 Å². The summed E-state index contributed by atoms with van der Waals surface area (Å²) < 4.78 is 0. The molecule has 0 aliphatic heterocycles. The summed E-state index contributed by atoms with van der Waals surface area (Å²) >= 11 is 0. The summed E-state index contributed by atoms with van der Waals surface area (Å²) in [5, 5.41) is 0. The van der Waals surface area contributed by atoms with Crippen LogP contribution in [0.2, 0.25) is 0 Å². The SMILES string of the molecule is Cc1ccc(C(c2ccc(C)cc2)c2ccc(CN)cc2)cc1. The van der Waals surface area contributed by atoms with Gasteiger partial charge >= 0.3 is 0 Å². The van der Waals surface area contributed by atoms with Crippen LogP contribution in [0.15, 0.2) is 72.8 Å². The molecule has 0 amide bonds. The molecule has 3 rings (SSSR count). The number of hydrogen-bond donors (Lipinski definition) is 1. The number of hydrogen-bond acceptors (Lipinski definition) is 1. The Bertz CT molecular complexity index is 707. The minimum atomic E-state index is 0.253. The van der Waals surface area contributed by atoms with E-state index in [1.807, 2.05) is 0 Å². The topological polar surface area (TPSA) is 26.0 Å². The largest absolute Gasteiger partial charge is 0.326 e. The van der Waals surface area contributed by atoms with Gasteiger partial charge in [0.05, 0.1) is 0 Å².